The Morgan fingerprint density at radius 2 is 1.80 bits per heavy atom. The van der Waals surface area contributed by atoms with Crippen LogP contribution in [0, 0.1) is 12.7 Å². The van der Waals surface area contributed by atoms with Gasteiger partial charge in [-0.1, -0.05) is 42.5 Å². The number of nitrogens with zero attached hydrogens (tertiary/aromatic N) is 1. The number of nitrogens with one attached hydrogen (secondary N) is 1. The highest BCUT2D eigenvalue weighted by atomic mass is 19.1. The first-order valence-corrected chi connectivity index (χ1v) is 9.67. The predicted molar refractivity (Wildman–Crippen MR) is 113 cm³/mol. The zero-order valence-corrected chi connectivity index (χ0v) is 16.7. The van der Waals surface area contributed by atoms with Gasteiger partial charge in [0, 0.05) is 6.20 Å². The summed E-state index contributed by atoms with van der Waals surface area (Å²) in [5.74, 6) is -0.308. The minimum atomic E-state index is -0.362. The molecule has 0 aliphatic heterocycles. The molecule has 0 bridgehead atoms. The van der Waals surface area contributed by atoms with Crippen molar-refractivity contribution in [2.24, 2.45) is 0 Å². The number of halogens is 1. The fourth-order valence-corrected chi connectivity index (χ4v) is 3.54. The maximum Gasteiger partial charge on any atom is 0.262 e. The summed E-state index contributed by atoms with van der Waals surface area (Å²) in [4.78, 5) is 26.2. The van der Waals surface area contributed by atoms with Crippen molar-refractivity contribution in [2.75, 3.05) is 0 Å². The van der Waals surface area contributed by atoms with Gasteiger partial charge in [-0.2, -0.15) is 0 Å². The second-order valence-corrected chi connectivity index (χ2v) is 7.25. The van der Waals surface area contributed by atoms with E-state index in [-0.39, 0.29) is 40.8 Å². The van der Waals surface area contributed by atoms with Crippen molar-refractivity contribution >= 4 is 16.9 Å². The van der Waals surface area contributed by atoms with Crippen LogP contribution in [-0.2, 0) is 6.54 Å². The Bertz CT molecular complexity index is 1260. The van der Waals surface area contributed by atoms with Crippen molar-refractivity contribution in [2.45, 2.75) is 26.4 Å². The molecule has 0 spiro atoms. The molecule has 152 valence electrons. The first-order chi connectivity index (χ1) is 14.4. The topological polar surface area (TPSA) is 64.2 Å². The van der Waals surface area contributed by atoms with E-state index in [1.807, 2.05) is 37.3 Å². The average molecular weight is 404 g/mol. The van der Waals surface area contributed by atoms with Gasteiger partial charge in [0.15, 0.2) is 0 Å². The second kappa shape index (κ2) is 7.99. The average Bonchev–Trinajstić information content (AvgIpc) is 3.09. The van der Waals surface area contributed by atoms with Crippen LogP contribution in [0.15, 0.2) is 76.1 Å². The van der Waals surface area contributed by atoms with Gasteiger partial charge in [0.25, 0.3) is 11.5 Å². The summed E-state index contributed by atoms with van der Waals surface area (Å²) < 4.78 is 20.3. The third-order valence-corrected chi connectivity index (χ3v) is 5.13. The SMILES string of the molecule is Cc1oc2ccn(Cc3ccc(F)cc3)c(=O)c2c1C(=O)N[C@H](C)c1ccccc1. The van der Waals surface area contributed by atoms with Gasteiger partial charge >= 0.3 is 0 Å². The predicted octanol–water partition coefficient (Wildman–Crippen LogP) is 4.58. The number of amides is 1. The first-order valence-electron chi connectivity index (χ1n) is 9.67. The molecule has 0 aliphatic rings. The maximum absolute atomic E-state index is 13.2. The van der Waals surface area contributed by atoms with Crippen LogP contribution in [0.3, 0.4) is 0 Å². The van der Waals surface area contributed by atoms with Crippen molar-refractivity contribution in [3.05, 3.63) is 105 Å². The summed E-state index contributed by atoms with van der Waals surface area (Å²) in [6.07, 6.45) is 1.62. The largest absolute Gasteiger partial charge is 0.460 e. The van der Waals surface area contributed by atoms with Gasteiger partial charge in [0.05, 0.1) is 23.5 Å². The molecule has 0 unspecified atom stereocenters. The minimum absolute atomic E-state index is 0.229. The third kappa shape index (κ3) is 3.76. The number of fused-ring (bicyclic) bond motifs is 1. The molecule has 0 saturated heterocycles. The number of furan rings is 1. The van der Waals surface area contributed by atoms with Crippen molar-refractivity contribution in [3.8, 4) is 0 Å². The van der Waals surface area contributed by atoms with E-state index < -0.39 is 0 Å². The van der Waals surface area contributed by atoms with Crippen LogP contribution in [0.5, 0.6) is 0 Å². The van der Waals surface area contributed by atoms with Gasteiger partial charge in [0.2, 0.25) is 0 Å². The standard InChI is InChI=1S/C24H21FN2O3/c1-15(18-6-4-3-5-7-18)26-23(28)21-16(2)30-20-12-13-27(24(29)22(20)21)14-17-8-10-19(25)11-9-17/h3-13,15H,14H2,1-2H3,(H,26,28)/t15-/m1/s1. The summed E-state index contributed by atoms with van der Waals surface area (Å²) in [5, 5.41) is 3.19. The molecule has 5 nitrogen and oxygen atoms in total. The molecule has 0 aliphatic carbocycles. The molecule has 0 fully saturated rings. The normalized spacial score (nSPS) is 12.1. The maximum atomic E-state index is 13.2. The van der Waals surface area contributed by atoms with E-state index in [0.717, 1.165) is 11.1 Å². The molecule has 1 atom stereocenters. The number of rotatable bonds is 5. The lowest BCUT2D eigenvalue weighted by Gasteiger charge is -2.14. The van der Waals surface area contributed by atoms with Crippen LogP contribution in [0.4, 0.5) is 4.39 Å². The van der Waals surface area contributed by atoms with E-state index in [2.05, 4.69) is 5.32 Å². The van der Waals surface area contributed by atoms with Gasteiger partial charge in [-0.25, -0.2) is 4.39 Å². The molecule has 2 aromatic carbocycles. The summed E-state index contributed by atoms with van der Waals surface area (Å²) in [6.45, 7) is 3.82. The molecule has 0 saturated carbocycles. The highest BCUT2D eigenvalue weighted by Crippen LogP contribution is 2.24. The van der Waals surface area contributed by atoms with E-state index in [1.165, 1.54) is 16.7 Å². The summed E-state index contributed by atoms with van der Waals surface area (Å²) in [5.41, 5.74) is 2.02. The number of hydrogen-bond donors (Lipinski definition) is 1. The lowest BCUT2D eigenvalue weighted by atomic mass is 10.1. The highest BCUT2D eigenvalue weighted by molar-refractivity contribution is 6.07. The number of aromatic nitrogens is 1. The van der Waals surface area contributed by atoms with Crippen molar-refractivity contribution in [1.82, 2.24) is 9.88 Å². The molecular formula is C24H21FN2O3. The molecule has 0 radical (unpaired) electrons. The van der Waals surface area contributed by atoms with E-state index in [0.29, 0.717) is 11.3 Å². The Kier molecular flexibility index (Phi) is 5.23. The zero-order valence-electron chi connectivity index (χ0n) is 16.7. The zero-order chi connectivity index (χ0) is 21.3. The third-order valence-electron chi connectivity index (χ3n) is 5.13. The van der Waals surface area contributed by atoms with Gasteiger partial charge in [-0.05, 0) is 43.2 Å². The van der Waals surface area contributed by atoms with Crippen molar-refractivity contribution in [3.63, 3.8) is 0 Å². The van der Waals surface area contributed by atoms with Crippen LogP contribution >= 0.6 is 0 Å². The van der Waals surface area contributed by atoms with Crippen LogP contribution in [-0.4, -0.2) is 10.5 Å². The Morgan fingerprint density at radius 3 is 2.50 bits per heavy atom. The monoisotopic (exact) mass is 404 g/mol. The van der Waals surface area contributed by atoms with E-state index in [4.69, 9.17) is 4.42 Å². The number of carbonyl (C=O) groups is 1. The first kappa shape index (κ1) is 19.6. The smallest absolute Gasteiger partial charge is 0.262 e. The number of hydrogen-bond acceptors (Lipinski definition) is 3. The molecule has 2 heterocycles. The van der Waals surface area contributed by atoms with Gasteiger partial charge in [0.1, 0.15) is 17.2 Å². The highest BCUT2D eigenvalue weighted by Gasteiger charge is 2.23. The molecule has 6 heteroatoms. The quantitative estimate of drug-likeness (QED) is 0.530. The fourth-order valence-electron chi connectivity index (χ4n) is 3.54. The second-order valence-electron chi connectivity index (χ2n) is 7.25. The van der Waals surface area contributed by atoms with Gasteiger partial charge in [-0.15, -0.1) is 0 Å². The van der Waals surface area contributed by atoms with E-state index in [9.17, 15) is 14.0 Å². The lowest BCUT2D eigenvalue weighted by Crippen LogP contribution is -2.29. The van der Waals surface area contributed by atoms with Crippen LogP contribution in [0.1, 0.15) is 40.2 Å². The molecule has 4 aromatic rings. The molecule has 4 rings (SSSR count). The van der Waals surface area contributed by atoms with Crippen molar-refractivity contribution < 1.29 is 13.6 Å². The Labute approximate surface area is 172 Å². The van der Waals surface area contributed by atoms with Crippen LogP contribution < -0.4 is 10.9 Å². The molecule has 2 aromatic heterocycles. The number of pyridine rings is 1. The number of carbonyl (C=O) groups excluding carboxylic acids is 1. The van der Waals surface area contributed by atoms with E-state index in [1.54, 1.807) is 31.3 Å². The minimum Gasteiger partial charge on any atom is -0.460 e. The number of benzene rings is 2. The van der Waals surface area contributed by atoms with Crippen LogP contribution in [0.25, 0.3) is 11.0 Å². The lowest BCUT2D eigenvalue weighted by molar-refractivity contribution is 0.0939. The molecule has 1 amide bonds. The molecule has 30 heavy (non-hydrogen) atoms. The summed E-state index contributed by atoms with van der Waals surface area (Å²) in [6, 6.07) is 17.0. The van der Waals surface area contributed by atoms with Gasteiger partial charge in [-0.3, -0.25) is 9.59 Å². The fraction of sp³-hybridized carbons (Fsp3) is 0.167. The van der Waals surface area contributed by atoms with E-state index >= 15 is 0 Å². The Morgan fingerprint density at radius 1 is 1.10 bits per heavy atom. The number of aryl methyl sites for hydroxylation is 1. The van der Waals surface area contributed by atoms with Crippen LogP contribution in [0.2, 0.25) is 0 Å². The molecule has 1 N–H and O–H groups in total. The Hall–Kier alpha value is -3.67. The molecular weight excluding hydrogens is 383 g/mol. The summed E-state index contributed by atoms with van der Waals surface area (Å²) >= 11 is 0. The van der Waals surface area contributed by atoms with Crippen molar-refractivity contribution in [1.29, 1.82) is 0 Å². The summed E-state index contributed by atoms with van der Waals surface area (Å²) in [7, 11) is 0. The van der Waals surface area contributed by atoms with Gasteiger partial charge < -0.3 is 14.3 Å². The Balaban J connectivity index is 1.69.